The molecule has 0 radical (unpaired) electrons. The Morgan fingerprint density at radius 2 is 1.96 bits per heavy atom. The summed E-state index contributed by atoms with van der Waals surface area (Å²) in [5.41, 5.74) is 1.43. The first-order chi connectivity index (χ1) is 12.6. The number of benzene rings is 2. The smallest absolute Gasteiger partial charge is 0.229 e. The van der Waals surface area contributed by atoms with Crippen molar-refractivity contribution in [2.75, 3.05) is 30.5 Å². The molecule has 2 aromatic rings. The van der Waals surface area contributed by atoms with E-state index in [-0.39, 0.29) is 24.2 Å². The minimum Gasteiger partial charge on any atom is -0.497 e. The lowest BCUT2D eigenvalue weighted by molar-refractivity contribution is -0.122. The number of nitrogens with one attached hydrogen (secondary N) is 1. The van der Waals surface area contributed by atoms with Gasteiger partial charge in [0.05, 0.1) is 19.6 Å². The van der Waals surface area contributed by atoms with Crippen molar-refractivity contribution in [1.82, 2.24) is 0 Å². The van der Waals surface area contributed by atoms with Crippen LogP contribution in [0.3, 0.4) is 0 Å². The number of ether oxygens (including phenoxy) is 2. The van der Waals surface area contributed by atoms with E-state index >= 15 is 0 Å². The summed E-state index contributed by atoms with van der Waals surface area (Å²) in [5, 5.41) is 2.86. The number of anilines is 2. The largest absolute Gasteiger partial charge is 0.497 e. The maximum Gasteiger partial charge on any atom is 0.229 e. The predicted molar refractivity (Wildman–Crippen MR) is 99.7 cm³/mol. The lowest BCUT2D eigenvalue weighted by Gasteiger charge is -2.17. The summed E-state index contributed by atoms with van der Waals surface area (Å²) in [6.45, 7) is 2.88. The monoisotopic (exact) mass is 354 g/mol. The second-order valence-electron chi connectivity index (χ2n) is 6.05. The fraction of sp³-hybridized carbons (Fsp3) is 0.300. The Bertz CT molecular complexity index is 789. The first-order valence-electron chi connectivity index (χ1n) is 8.59. The van der Waals surface area contributed by atoms with Gasteiger partial charge in [-0.25, -0.2) is 0 Å². The van der Waals surface area contributed by atoms with Gasteiger partial charge in [0.25, 0.3) is 0 Å². The fourth-order valence-electron chi connectivity index (χ4n) is 2.97. The summed E-state index contributed by atoms with van der Waals surface area (Å²) >= 11 is 0. The van der Waals surface area contributed by atoms with Crippen molar-refractivity contribution < 1.29 is 19.1 Å². The highest BCUT2D eigenvalue weighted by molar-refractivity contribution is 6.03. The van der Waals surface area contributed by atoms with E-state index in [1.807, 2.05) is 37.3 Å². The van der Waals surface area contributed by atoms with Gasteiger partial charge in [-0.1, -0.05) is 6.07 Å². The van der Waals surface area contributed by atoms with Crippen LogP contribution in [-0.4, -0.2) is 32.1 Å². The van der Waals surface area contributed by atoms with E-state index in [0.717, 1.165) is 11.4 Å². The van der Waals surface area contributed by atoms with E-state index in [9.17, 15) is 9.59 Å². The van der Waals surface area contributed by atoms with E-state index < -0.39 is 0 Å². The van der Waals surface area contributed by atoms with Gasteiger partial charge < -0.3 is 19.7 Å². The topological polar surface area (TPSA) is 67.9 Å². The number of hydrogen-bond donors (Lipinski definition) is 1. The van der Waals surface area contributed by atoms with Crippen molar-refractivity contribution in [2.24, 2.45) is 5.92 Å². The molecule has 0 aliphatic carbocycles. The van der Waals surface area contributed by atoms with Crippen LogP contribution in [0.5, 0.6) is 11.5 Å². The maximum atomic E-state index is 12.5. The van der Waals surface area contributed by atoms with Gasteiger partial charge in [0, 0.05) is 30.4 Å². The Balaban J connectivity index is 1.65. The molecule has 1 fully saturated rings. The highest BCUT2D eigenvalue weighted by Gasteiger charge is 2.35. The van der Waals surface area contributed by atoms with Crippen LogP contribution in [0.4, 0.5) is 11.4 Å². The van der Waals surface area contributed by atoms with Crippen LogP contribution in [0.1, 0.15) is 13.3 Å². The molecular weight excluding hydrogens is 332 g/mol. The summed E-state index contributed by atoms with van der Waals surface area (Å²) in [6.07, 6.45) is 0.197. The molecule has 26 heavy (non-hydrogen) atoms. The van der Waals surface area contributed by atoms with Crippen LogP contribution in [0.25, 0.3) is 0 Å². The van der Waals surface area contributed by atoms with Gasteiger partial charge in [-0.3, -0.25) is 9.59 Å². The summed E-state index contributed by atoms with van der Waals surface area (Å²) in [5.74, 6) is 0.816. The third kappa shape index (κ3) is 3.96. The molecule has 6 heteroatoms. The van der Waals surface area contributed by atoms with Crippen LogP contribution in [-0.2, 0) is 9.59 Å². The highest BCUT2D eigenvalue weighted by atomic mass is 16.5. The van der Waals surface area contributed by atoms with E-state index in [2.05, 4.69) is 5.32 Å². The Morgan fingerprint density at radius 1 is 1.19 bits per heavy atom. The van der Waals surface area contributed by atoms with E-state index in [0.29, 0.717) is 24.6 Å². The van der Waals surface area contributed by atoms with Crippen molar-refractivity contribution >= 4 is 23.2 Å². The molecule has 2 amide bonds. The third-order valence-electron chi connectivity index (χ3n) is 4.29. The van der Waals surface area contributed by atoms with Gasteiger partial charge >= 0.3 is 0 Å². The van der Waals surface area contributed by atoms with Crippen LogP contribution in [0, 0.1) is 5.92 Å². The molecule has 1 aliphatic rings. The number of nitrogens with zero attached hydrogens (tertiary/aromatic N) is 1. The lowest BCUT2D eigenvalue weighted by Crippen LogP contribution is -2.28. The molecule has 1 saturated heterocycles. The zero-order chi connectivity index (χ0) is 18.5. The first kappa shape index (κ1) is 17.8. The number of hydrogen-bond acceptors (Lipinski definition) is 4. The van der Waals surface area contributed by atoms with Gasteiger partial charge in [-0.2, -0.15) is 0 Å². The minimum absolute atomic E-state index is 0.0556. The normalized spacial score (nSPS) is 16.5. The van der Waals surface area contributed by atoms with Gasteiger partial charge in [-0.15, -0.1) is 0 Å². The SMILES string of the molecule is CCOc1ccc(N2C[C@H](C(=O)Nc3cccc(OC)c3)CC2=O)cc1. The molecule has 0 bridgehead atoms. The Hall–Kier alpha value is -3.02. The number of rotatable bonds is 6. The molecule has 1 atom stereocenters. The second-order valence-corrected chi connectivity index (χ2v) is 6.05. The van der Waals surface area contributed by atoms with E-state index in [1.165, 1.54) is 0 Å². The average Bonchev–Trinajstić information content (AvgIpc) is 3.05. The van der Waals surface area contributed by atoms with Crippen molar-refractivity contribution in [1.29, 1.82) is 0 Å². The molecule has 1 aliphatic heterocycles. The molecular formula is C20H22N2O4. The van der Waals surface area contributed by atoms with Gasteiger partial charge in [-0.05, 0) is 43.3 Å². The molecule has 0 spiro atoms. The number of carbonyl (C=O) groups excluding carboxylic acids is 2. The quantitative estimate of drug-likeness (QED) is 0.866. The summed E-state index contributed by atoms with van der Waals surface area (Å²) < 4.78 is 10.6. The van der Waals surface area contributed by atoms with Crippen molar-refractivity contribution in [3.8, 4) is 11.5 Å². The van der Waals surface area contributed by atoms with Crippen molar-refractivity contribution in [2.45, 2.75) is 13.3 Å². The zero-order valence-electron chi connectivity index (χ0n) is 14.9. The molecule has 0 aromatic heterocycles. The molecule has 0 unspecified atom stereocenters. The standard InChI is InChI=1S/C20H22N2O4/c1-3-26-17-9-7-16(8-10-17)22-13-14(11-19(22)23)20(24)21-15-5-4-6-18(12-15)25-2/h4-10,12,14H,3,11,13H2,1-2H3,(H,21,24)/t14-/m1/s1. The van der Waals surface area contributed by atoms with Gasteiger partial charge in [0.1, 0.15) is 11.5 Å². The van der Waals surface area contributed by atoms with Gasteiger partial charge in [0.2, 0.25) is 11.8 Å². The Labute approximate surface area is 152 Å². The Morgan fingerprint density at radius 3 is 2.65 bits per heavy atom. The molecule has 136 valence electrons. The van der Waals surface area contributed by atoms with Crippen LogP contribution in [0.15, 0.2) is 48.5 Å². The van der Waals surface area contributed by atoms with E-state index in [1.54, 1.807) is 30.2 Å². The molecule has 6 nitrogen and oxygen atoms in total. The van der Waals surface area contributed by atoms with E-state index in [4.69, 9.17) is 9.47 Å². The van der Waals surface area contributed by atoms with Crippen LogP contribution < -0.4 is 19.7 Å². The first-order valence-corrected chi connectivity index (χ1v) is 8.59. The summed E-state index contributed by atoms with van der Waals surface area (Å²) in [6, 6.07) is 14.5. The average molecular weight is 354 g/mol. The number of amides is 2. The van der Waals surface area contributed by atoms with Crippen LogP contribution in [0.2, 0.25) is 0 Å². The molecule has 2 aromatic carbocycles. The molecule has 3 rings (SSSR count). The zero-order valence-corrected chi connectivity index (χ0v) is 14.9. The second kappa shape index (κ2) is 7.91. The van der Waals surface area contributed by atoms with Crippen LogP contribution >= 0.6 is 0 Å². The number of carbonyl (C=O) groups is 2. The predicted octanol–water partition coefficient (Wildman–Crippen LogP) is 3.09. The molecule has 0 saturated carbocycles. The van der Waals surface area contributed by atoms with Crippen molar-refractivity contribution in [3.05, 3.63) is 48.5 Å². The Kier molecular flexibility index (Phi) is 5.41. The third-order valence-corrected chi connectivity index (χ3v) is 4.29. The van der Waals surface area contributed by atoms with Gasteiger partial charge in [0.15, 0.2) is 0 Å². The molecule has 1 heterocycles. The lowest BCUT2D eigenvalue weighted by atomic mass is 10.1. The van der Waals surface area contributed by atoms with Crippen molar-refractivity contribution in [3.63, 3.8) is 0 Å². The molecule has 1 N–H and O–H groups in total. The number of methoxy groups -OCH3 is 1. The summed E-state index contributed by atoms with van der Waals surface area (Å²) in [7, 11) is 1.57. The fourth-order valence-corrected chi connectivity index (χ4v) is 2.97. The summed E-state index contributed by atoms with van der Waals surface area (Å²) in [4.78, 5) is 26.5. The highest BCUT2D eigenvalue weighted by Crippen LogP contribution is 2.28. The maximum absolute atomic E-state index is 12.5. The minimum atomic E-state index is -0.389.